The van der Waals surface area contributed by atoms with Crippen LogP contribution in [0.25, 0.3) is 0 Å². The molecule has 3 nitrogen and oxygen atoms in total. The van der Waals surface area contributed by atoms with E-state index in [4.69, 9.17) is 0 Å². The molecule has 2 rings (SSSR count). The van der Waals surface area contributed by atoms with Gasteiger partial charge in [0.2, 0.25) is 0 Å². The van der Waals surface area contributed by atoms with Crippen LogP contribution in [0.1, 0.15) is 70.2 Å². The van der Waals surface area contributed by atoms with Crippen molar-refractivity contribution < 1.29 is 0 Å². The molecule has 124 valence electrons. The van der Waals surface area contributed by atoms with Crippen molar-refractivity contribution in [2.75, 3.05) is 0 Å². The van der Waals surface area contributed by atoms with Gasteiger partial charge < -0.3 is 9.88 Å². The number of hydrogen-bond acceptors (Lipinski definition) is 2. The maximum Gasteiger partial charge on any atom is 0.255 e. The summed E-state index contributed by atoms with van der Waals surface area (Å²) < 4.78 is 2.09. The Kier molecular flexibility index (Phi) is 6.25. The van der Waals surface area contributed by atoms with Crippen LogP contribution < -0.4 is 10.9 Å². The van der Waals surface area contributed by atoms with Crippen LogP contribution in [0.4, 0.5) is 0 Å². The second-order valence-electron chi connectivity index (χ2n) is 7.18. The van der Waals surface area contributed by atoms with E-state index in [1.807, 2.05) is 0 Å². The molecule has 1 aliphatic carbocycles. The maximum absolute atomic E-state index is 12.9. The third-order valence-electron chi connectivity index (χ3n) is 4.86. The van der Waals surface area contributed by atoms with E-state index in [1.165, 1.54) is 24.1 Å². The van der Waals surface area contributed by atoms with Gasteiger partial charge in [-0.15, -0.1) is 0 Å². The quantitative estimate of drug-likeness (QED) is 0.834. The van der Waals surface area contributed by atoms with E-state index in [2.05, 4.69) is 43.6 Å². The van der Waals surface area contributed by atoms with Crippen LogP contribution in [0.5, 0.6) is 0 Å². The number of rotatable bonds is 7. The first-order chi connectivity index (χ1) is 10.5. The molecule has 1 aliphatic rings. The number of aromatic nitrogens is 1. The lowest BCUT2D eigenvalue weighted by Crippen LogP contribution is -2.34. The highest BCUT2D eigenvalue weighted by Gasteiger charge is 2.18. The maximum atomic E-state index is 12.9. The zero-order valence-electron chi connectivity index (χ0n) is 14.7. The van der Waals surface area contributed by atoms with Crippen molar-refractivity contribution in [1.29, 1.82) is 0 Å². The van der Waals surface area contributed by atoms with Crippen LogP contribution in [0.3, 0.4) is 0 Å². The van der Waals surface area contributed by atoms with Crippen molar-refractivity contribution >= 4 is 0 Å². The third kappa shape index (κ3) is 4.22. The fraction of sp³-hybridized carbons (Fsp3) is 0.737. The van der Waals surface area contributed by atoms with E-state index >= 15 is 0 Å². The van der Waals surface area contributed by atoms with Crippen molar-refractivity contribution in [2.45, 2.75) is 85.4 Å². The molecule has 3 heteroatoms. The van der Waals surface area contributed by atoms with Gasteiger partial charge in [0.15, 0.2) is 0 Å². The molecule has 0 spiro atoms. The summed E-state index contributed by atoms with van der Waals surface area (Å²) in [7, 11) is 0. The van der Waals surface area contributed by atoms with E-state index in [9.17, 15) is 4.79 Å². The number of pyridine rings is 1. The van der Waals surface area contributed by atoms with E-state index in [1.54, 1.807) is 0 Å². The lowest BCUT2D eigenvalue weighted by molar-refractivity contribution is 0.477. The Labute approximate surface area is 135 Å². The van der Waals surface area contributed by atoms with E-state index in [0.29, 0.717) is 18.5 Å². The summed E-state index contributed by atoms with van der Waals surface area (Å²) in [6.07, 6.45) is 6.85. The molecule has 1 N–H and O–H groups in total. The minimum Gasteiger partial charge on any atom is -0.312 e. The fourth-order valence-corrected chi connectivity index (χ4v) is 3.12. The molecular weight excluding hydrogens is 272 g/mol. The van der Waals surface area contributed by atoms with Crippen molar-refractivity contribution in [1.82, 2.24) is 9.88 Å². The molecule has 22 heavy (non-hydrogen) atoms. The van der Waals surface area contributed by atoms with Crippen molar-refractivity contribution in [3.8, 4) is 0 Å². The van der Waals surface area contributed by atoms with Crippen LogP contribution in [0.15, 0.2) is 10.9 Å². The van der Waals surface area contributed by atoms with Gasteiger partial charge in [0.05, 0.1) is 0 Å². The molecule has 0 saturated heterocycles. The Morgan fingerprint density at radius 3 is 2.64 bits per heavy atom. The topological polar surface area (TPSA) is 34.0 Å². The predicted molar refractivity (Wildman–Crippen MR) is 93.4 cm³/mol. The standard InChI is InChI=1S/C19H32N2O/c1-5-15(4)20-13-17-12-16-8-6-7-9-18(16)21(19(17)22)11-10-14(2)3/h12,14-15,20H,5-11,13H2,1-4H3. The SMILES string of the molecule is CCC(C)NCc1cc2c(n(CCC(C)C)c1=O)CCCC2. The number of fused-ring (bicyclic) bond motifs is 1. The third-order valence-corrected chi connectivity index (χ3v) is 4.86. The summed E-state index contributed by atoms with van der Waals surface area (Å²) in [6.45, 7) is 10.4. The van der Waals surface area contributed by atoms with Gasteiger partial charge in [0.25, 0.3) is 5.56 Å². The van der Waals surface area contributed by atoms with Crippen LogP contribution in [0.2, 0.25) is 0 Å². The molecule has 1 aromatic heterocycles. The molecule has 0 bridgehead atoms. The van der Waals surface area contributed by atoms with Crippen molar-refractivity contribution in [2.24, 2.45) is 5.92 Å². The summed E-state index contributed by atoms with van der Waals surface area (Å²) in [5.41, 5.74) is 3.90. The zero-order valence-corrected chi connectivity index (χ0v) is 14.7. The molecule has 0 saturated carbocycles. The summed E-state index contributed by atoms with van der Waals surface area (Å²) in [5, 5.41) is 3.47. The van der Waals surface area contributed by atoms with Crippen LogP contribution >= 0.6 is 0 Å². The minimum atomic E-state index is 0.233. The highest BCUT2D eigenvalue weighted by atomic mass is 16.1. The molecular formula is C19H32N2O. The largest absolute Gasteiger partial charge is 0.312 e. The average Bonchev–Trinajstić information content (AvgIpc) is 2.51. The van der Waals surface area contributed by atoms with Crippen molar-refractivity contribution in [3.05, 3.63) is 33.2 Å². The van der Waals surface area contributed by atoms with Gasteiger partial charge in [-0.25, -0.2) is 0 Å². The lowest BCUT2D eigenvalue weighted by atomic mass is 9.94. The first-order valence-corrected chi connectivity index (χ1v) is 9.00. The molecule has 1 unspecified atom stereocenters. The Balaban J connectivity index is 2.30. The minimum absolute atomic E-state index is 0.233. The normalized spacial score (nSPS) is 15.9. The Hall–Kier alpha value is -1.09. The van der Waals surface area contributed by atoms with Crippen LogP contribution in [0, 0.1) is 5.92 Å². The van der Waals surface area contributed by atoms with Crippen LogP contribution in [-0.4, -0.2) is 10.6 Å². The Bertz CT molecular complexity index is 545. The Morgan fingerprint density at radius 1 is 1.23 bits per heavy atom. The number of hydrogen-bond donors (Lipinski definition) is 1. The first-order valence-electron chi connectivity index (χ1n) is 9.00. The fourth-order valence-electron chi connectivity index (χ4n) is 3.12. The summed E-state index contributed by atoms with van der Waals surface area (Å²) in [6, 6.07) is 2.64. The molecule has 0 fully saturated rings. The number of aryl methyl sites for hydroxylation is 1. The highest BCUT2D eigenvalue weighted by Crippen LogP contribution is 2.21. The van der Waals surface area contributed by atoms with Gasteiger partial charge in [-0.05, 0) is 63.0 Å². The molecule has 0 radical (unpaired) electrons. The van der Waals surface area contributed by atoms with Gasteiger partial charge in [0, 0.05) is 30.4 Å². The molecule has 0 aromatic carbocycles. The monoisotopic (exact) mass is 304 g/mol. The second-order valence-corrected chi connectivity index (χ2v) is 7.18. The Morgan fingerprint density at radius 2 is 1.95 bits per heavy atom. The molecule has 1 atom stereocenters. The molecule has 0 aliphatic heterocycles. The second kappa shape index (κ2) is 7.96. The lowest BCUT2D eigenvalue weighted by Gasteiger charge is -2.23. The van der Waals surface area contributed by atoms with Gasteiger partial charge >= 0.3 is 0 Å². The van der Waals surface area contributed by atoms with E-state index in [0.717, 1.165) is 37.8 Å². The van der Waals surface area contributed by atoms with Gasteiger partial charge in [0.1, 0.15) is 0 Å². The first kappa shape index (κ1) is 17.3. The zero-order chi connectivity index (χ0) is 16.1. The van der Waals surface area contributed by atoms with Gasteiger partial charge in [-0.2, -0.15) is 0 Å². The average molecular weight is 304 g/mol. The molecule has 1 heterocycles. The van der Waals surface area contributed by atoms with Crippen LogP contribution in [-0.2, 0) is 25.9 Å². The van der Waals surface area contributed by atoms with Gasteiger partial charge in [-0.1, -0.05) is 20.8 Å². The number of nitrogens with zero attached hydrogens (tertiary/aromatic N) is 1. The van der Waals surface area contributed by atoms with E-state index in [-0.39, 0.29) is 5.56 Å². The summed E-state index contributed by atoms with van der Waals surface area (Å²) >= 11 is 0. The van der Waals surface area contributed by atoms with Gasteiger partial charge in [-0.3, -0.25) is 4.79 Å². The highest BCUT2D eigenvalue weighted by molar-refractivity contribution is 5.29. The predicted octanol–water partition coefficient (Wildman–Crippen LogP) is 3.66. The van der Waals surface area contributed by atoms with E-state index < -0.39 is 0 Å². The van der Waals surface area contributed by atoms with Crippen molar-refractivity contribution in [3.63, 3.8) is 0 Å². The smallest absolute Gasteiger partial charge is 0.255 e. The number of nitrogens with one attached hydrogen (secondary N) is 1. The molecule has 1 aromatic rings. The summed E-state index contributed by atoms with van der Waals surface area (Å²) in [4.78, 5) is 12.9. The summed E-state index contributed by atoms with van der Waals surface area (Å²) in [5.74, 6) is 0.632. The molecule has 0 amide bonds.